The Labute approximate surface area is 173 Å². The van der Waals surface area contributed by atoms with Gasteiger partial charge in [-0.2, -0.15) is 5.10 Å². The van der Waals surface area contributed by atoms with Crippen molar-refractivity contribution >= 4 is 11.6 Å². The zero-order valence-electron chi connectivity index (χ0n) is 17.7. The van der Waals surface area contributed by atoms with Gasteiger partial charge in [0, 0.05) is 31.0 Å². The standard InChI is InChI=1S/C22H32N4O3/c1-4-5-21(26-18(3)16-17(2)24-26)22(27)23-19-6-8-20(9-7-19)29-15-12-25-10-13-28-14-11-25/h6-9,16,21H,4-5,10-15H2,1-3H3,(H,23,27). The number of carbonyl (C=O) groups excluding carboxylic acids is 1. The lowest BCUT2D eigenvalue weighted by atomic mass is 10.1. The first-order valence-corrected chi connectivity index (χ1v) is 10.4. The van der Waals surface area contributed by atoms with Crippen molar-refractivity contribution in [1.29, 1.82) is 0 Å². The first-order valence-electron chi connectivity index (χ1n) is 10.4. The summed E-state index contributed by atoms with van der Waals surface area (Å²) in [6.45, 7) is 11.1. The summed E-state index contributed by atoms with van der Waals surface area (Å²) in [4.78, 5) is 15.2. The van der Waals surface area contributed by atoms with Gasteiger partial charge in [0.25, 0.3) is 0 Å². The van der Waals surface area contributed by atoms with Gasteiger partial charge in [-0.3, -0.25) is 14.4 Å². The van der Waals surface area contributed by atoms with Crippen LogP contribution in [0.1, 0.15) is 37.2 Å². The molecule has 1 fully saturated rings. The fraction of sp³-hybridized carbons (Fsp3) is 0.545. The molecule has 1 amide bonds. The lowest BCUT2D eigenvalue weighted by Gasteiger charge is -2.26. The van der Waals surface area contributed by atoms with Gasteiger partial charge in [0.15, 0.2) is 0 Å². The molecule has 7 heteroatoms. The first kappa shape index (κ1) is 21.3. The maximum absolute atomic E-state index is 12.9. The fourth-order valence-electron chi connectivity index (χ4n) is 3.58. The molecule has 7 nitrogen and oxygen atoms in total. The van der Waals surface area contributed by atoms with E-state index in [1.54, 1.807) is 0 Å². The average Bonchev–Trinajstić information content (AvgIpc) is 3.06. The maximum Gasteiger partial charge on any atom is 0.249 e. The van der Waals surface area contributed by atoms with E-state index in [2.05, 4.69) is 22.2 Å². The van der Waals surface area contributed by atoms with Gasteiger partial charge in [0.1, 0.15) is 18.4 Å². The number of aromatic nitrogens is 2. The van der Waals surface area contributed by atoms with E-state index in [0.29, 0.717) is 6.61 Å². The summed E-state index contributed by atoms with van der Waals surface area (Å²) in [6.07, 6.45) is 1.66. The number of hydrogen-bond acceptors (Lipinski definition) is 5. The van der Waals surface area contributed by atoms with E-state index >= 15 is 0 Å². The number of rotatable bonds is 9. The molecular weight excluding hydrogens is 368 g/mol. The van der Waals surface area contributed by atoms with Crippen LogP contribution in [0.15, 0.2) is 30.3 Å². The topological polar surface area (TPSA) is 68.6 Å². The molecule has 2 heterocycles. The minimum Gasteiger partial charge on any atom is -0.492 e. The summed E-state index contributed by atoms with van der Waals surface area (Å²) in [5, 5.41) is 7.52. The molecule has 0 bridgehead atoms. The predicted molar refractivity (Wildman–Crippen MR) is 113 cm³/mol. The second-order valence-corrected chi connectivity index (χ2v) is 7.49. The van der Waals surface area contributed by atoms with Gasteiger partial charge in [-0.1, -0.05) is 13.3 Å². The van der Waals surface area contributed by atoms with Gasteiger partial charge in [-0.25, -0.2) is 0 Å². The van der Waals surface area contributed by atoms with Crippen LogP contribution in [0.4, 0.5) is 5.69 Å². The van der Waals surface area contributed by atoms with Gasteiger partial charge in [0.2, 0.25) is 5.91 Å². The van der Waals surface area contributed by atoms with Crippen LogP contribution in [0.3, 0.4) is 0 Å². The normalized spacial score (nSPS) is 15.8. The largest absolute Gasteiger partial charge is 0.492 e. The SMILES string of the molecule is CCCC(C(=O)Nc1ccc(OCCN2CCOCC2)cc1)n1nc(C)cc1C. The van der Waals surface area contributed by atoms with Crippen molar-refractivity contribution in [1.82, 2.24) is 14.7 Å². The minimum atomic E-state index is -0.307. The molecule has 0 spiro atoms. The number of ether oxygens (including phenoxy) is 2. The Morgan fingerprint density at radius 3 is 2.59 bits per heavy atom. The number of carbonyl (C=O) groups is 1. The van der Waals surface area contributed by atoms with Crippen LogP contribution in [0.25, 0.3) is 0 Å². The zero-order valence-corrected chi connectivity index (χ0v) is 17.7. The van der Waals surface area contributed by atoms with Crippen molar-refractivity contribution in [3.63, 3.8) is 0 Å². The molecule has 1 aromatic carbocycles. The Hall–Kier alpha value is -2.38. The Kier molecular flexibility index (Phi) is 7.66. The van der Waals surface area contributed by atoms with Crippen molar-refractivity contribution in [2.75, 3.05) is 44.8 Å². The van der Waals surface area contributed by atoms with E-state index in [0.717, 1.165) is 68.5 Å². The molecule has 0 aliphatic carbocycles. The second kappa shape index (κ2) is 10.4. The monoisotopic (exact) mass is 400 g/mol. The van der Waals surface area contributed by atoms with Crippen molar-refractivity contribution in [2.45, 2.75) is 39.7 Å². The molecule has 1 atom stereocenters. The molecule has 0 saturated carbocycles. The van der Waals surface area contributed by atoms with Crippen LogP contribution >= 0.6 is 0 Å². The third-order valence-electron chi connectivity index (χ3n) is 5.11. The van der Waals surface area contributed by atoms with Crippen molar-refractivity contribution in [3.05, 3.63) is 41.7 Å². The summed E-state index contributed by atoms with van der Waals surface area (Å²) in [5.41, 5.74) is 2.69. The summed E-state index contributed by atoms with van der Waals surface area (Å²) in [6, 6.07) is 9.25. The average molecular weight is 401 g/mol. The van der Waals surface area contributed by atoms with Crippen molar-refractivity contribution in [3.8, 4) is 5.75 Å². The van der Waals surface area contributed by atoms with Crippen LogP contribution in [-0.4, -0.2) is 60.0 Å². The quantitative estimate of drug-likeness (QED) is 0.700. The summed E-state index contributed by atoms with van der Waals surface area (Å²) >= 11 is 0. The number of hydrogen-bond donors (Lipinski definition) is 1. The lowest BCUT2D eigenvalue weighted by Crippen LogP contribution is -2.38. The van der Waals surface area contributed by atoms with E-state index in [-0.39, 0.29) is 11.9 Å². The number of nitrogens with zero attached hydrogens (tertiary/aromatic N) is 3. The van der Waals surface area contributed by atoms with Crippen LogP contribution in [0.5, 0.6) is 5.75 Å². The van der Waals surface area contributed by atoms with E-state index in [1.165, 1.54) is 0 Å². The number of aryl methyl sites for hydroxylation is 2. The molecule has 2 aromatic rings. The maximum atomic E-state index is 12.9. The Balaban J connectivity index is 1.53. The van der Waals surface area contributed by atoms with Gasteiger partial charge >= 0.3 is 0 Å². The van der Waals surface area contributed by atoms with E-state index < -0.39 is 0 Å². The number of anilines is 1. The lowest BCUT2D eigenvalue weighted by molar-refractivity contribution is -0.119. The molecule has 1 aliphatic rings. The molecule has 1 aromatic heterocycles. The number of benzene rings is 1. The minimum absolute atomic E-state index is 0.0426. The second-order valence-electron chi connectivity index (χ2n) is 7.49. The third kappa shape index (κ3) is 6.05. The Bertz CT molecular complexity index is 782. The molecular formula is C22H32N4O3. The van der Waals surface area contributed by atoms with Crippen LogP contribution in [-0.2, 0) is 9.53 Å². The Morgan fingerprint density at radius 2 is 1.97 bits per heavy atom. The third-order valence-corrected chi connectivity index (χ3v) is 5.11. The highest BCUT2D eigenvalue weighted by Gasteiger charge is 2.22. The first-order chi connectivity index (χ1) is 14.1. The highest BCUT2D eigenvalue weighted by atomic mass is 16.5. The summed E-state index contributed by atoms with van der Waals surface area (Å²) < 4.78 is 13.0. The molecule has 3 rings (SSSR count). The van der Waals surface area contributed by atoms with Crippen LogP contribution < -0.4 is 10.1 Å². The van der Waals surface area contributed by atoms with E-state index in [4.69, 9.17) is 9.47 Å². The van der Waals surface area contributed by atoms with Crippen molar-refractivity contribution in [2.24, 2.45) is 0 Å². The predicted octanol–water partition coefficient (Wildman–Crippen LogP) is 3.19. The van der Waals surface area contributed by atoms with Crippen LogP contribution in [0, 0.1) is 13.8 Å². The van der Waals surface area contributed by atoms with Gasteiger partial charge in [-0.05, 0) is 50.6 Å². The molecule has 1 N–H and O–H groups in total. The zero-order chi connectivity index (χ0) is 20.6. The van der Waals surface area contributed by atoms with Gasteiger partial charge in [0.05, 0.1) is 18.9 Å². The molecule has 0 radical (unpaired) electrons. The molecule has 29 heavy (non-hydrogen) atoms. The summed E-state index contributed by atoms with van der Waals surface area (Å²) in [7, 11) is 0. The molecule has 1 saturated heterocycles. The van der Waals surface area contributed by atoms with Crippen molar-refractivity contribution < 1.29 is 14.3 Å². The smallest absolute Gasteiger partial charge is 0.249 e. The van der Waals surface area contributed by atoms with Gasteiger partial charge < -0.3 is 14.8 Å². The van der Waals surface area contributed by atoms with E-state index in [1.807, 2.05) is 48.9 Å². The van der Waals surface area contributed by atoms with Crippen LogP contribution in [0.2, 0.25) is 0 Å². The molecule has 158 valence electrons. The van der Waals surface area contributed by atoms with E-state index in [9.17, 15) is 4.79 Å². The summed E-state index contributed by atoms with van der Waals surface area (Å²) in [5.74, 6) is 0.763. The highest BCUT2D eigenvalue weighted by Crippen LogP contribution is 2.21. The Morgan fingerprint density at radius 1 is 1.24 bits per heavy atom. The molecule has 1 aliphatic heterocycles. The fourth-order valence-corrected chi connectivity index (χ4v) is 3.58. The number of morpholine rings is 1. The number of nitrogens with one attached hydrogen (secondary N) is 1. The highest BCUT2D eigenvalue weighted by molar-refractivity contribution is 5.93. The molecule has 1 unspecified atom stereocenters. The number of amides is 1. The van der Waals surface area contributed by atoms with Gasteiger partial charge in [-0.15, -0.1) is 0 Å².